The van der Waals surface area contributed by atoms with E-state index in [0.717, 1.165) is 5.56 Å². The van der Waals surface area contributed by atoms with Gasteiger partial charge in [-0.25, -0.2) is 0 Å². The van der Waals surface area contributed by atoms with Crippen LogP contribution in [-0.4, -0.2) is 41.5 Å². The minimum Gasteiger partial charge on any atom is -0.378 e. The second-order valence-electron chi connectivity index (χ2n) is 4.56. The maximum absolute atomic E-state index is 12.7. The molecule has 0 unspecified atom stereocenters. The first kappa shape index (κ1) is 14.8. The molecule has 1 aliphatic heterocycles. The summed E-state index contributed by atoms with van der Waals surface area (Å²) in [5.41, 5.74) is 1.21. The van der Waals surface area contributed by atoms with Gasteiger partial charge in [-0.1, -0.05) is 41.4 Å². The number of halogens is 2. The van der Waals surface area contributed by atoms with Gasteiger partial charge in [0.15, 0.2) is 5.15 Å². The lowest BCUT2D eigenvalue weighted by Gasteiger charge is -2.26. The van der Waals surface area contributed by atoms with Crippen LogP contribution in [0.5, 0.6) is 0 Å². The van der Waals surface area contributed by atoms with Crippen LogP contribution in [-0.2, 0) is 4.74 Å². The van der Waals surface area contributed by atoms with Gasteiger partial charge in [0.25, 0.3) is 5.91 Å². The summed E-state index contributed by atoms with van der Waals surface area (Å²) in [6, 6.07) is 7.37. The first-order valence-corrected chi connectivity index (χ1v) is 7.98. The van der Waals surface area contributed by atoms with E-state index < -0.39 is 0 Å². The third kappa shape index (κ3) is 2.92. The number of amides is 1. The molecule has 0 aliphatic carbocycles. The molecule has 1 aromatic carbocycles. The summed E-state index contributed by atoms with van der Waals surface area (Å²) in [6.45, 7) is 2.21. The van der Waals surface area contributed by atoms with E-state index in [1.54, 1.807) is 11.0 Å². The van der Waals surface area contributed by atoms with Crippen LogP contribution >= 0.6 is 34.7 Å². The molecule has 110 valence electrons. The highest BCUT2D eigenvalue weighted by atomic mass is 35.5. The molecular formula is C14H12Cl2N2O2S. The van der Waals surface area contributed by atoms with Crippen LogP contribution in [0.2, 0.25) is 10.2 Å². The predicted molar refractivity (Wildman–Crippen MR) is 84.3 cm³/mol. The van der Waals surface area contributed by atoms with Crippen LogP contribution in [0.25, 0.3) is 10.4 Å². The summed E-state index contributed by atoms with van der Waals surface area (Å²) < 4.78 is 9.39. The molecule has 2 heterocycles. The Labute approximate surface area is 136 Å². The zero-order valence-corrected chi connectivity index (χ0v) is 13.3. The smallest absolute Gasteiger partial charge is 0.258 e. The summed E-state index contributed by atoms with van der Waals surface area (Å²) >= 11 is 13.6. The number of aromatic nitrogens is 1. The summed E-state index contributed by atoms with van der Waals surface area (Å²) in [5.74, 6) is -0.119. The number of carbonyl (C=O) groups is 1. The molecule has 0 bridgehead atoms. The molecule has 0 N–H and O–H groups in total. The first-order chi connectivity index (χ1) is 10.2. The minimum absolute atomic E-state index is 0.119. The van der Waals surface area contributed by atoms with Crippen molar-refractivity contribution in [3.05, 3.63) is 40.0 Å². The van der Waals surface area contributed by atoms with Crippen molar-refractivity contribution < 1.29 is 9.53 Å². The van der Waals surface area contributed by atoms with Crippen molar-refractivity contribution in [2.45, 2.75) is 0 Å². The lowest BCUT2D eigenvalue weighted by atomic mass is 10.1. The number of carbonyl (C=O) groups excluding carboxylic acids is 1. The fraction of sp³-hybridized carbons (Fsp3) is 0.286. The Morgan fingerprint density at radius 2 is 1.95 bits per heavy atom. The van der Waals surface area contributed by atoms with Gasteiger partial charge >= 0.3 is 0 Å². The molecule has 4 nitrogen and oxygen atoms in total. The summed E-state index contributed by atoms with van der Waals surface area (Å²) in [6.07, 6.45) is 0. The highest BCUT2D eigenvalue weighted by Crippen LogP contribution is 2.37. The van der Waals surface area contributed by atoms with Crippen LogP contribution in [0.15, 0.2) is 24.3 Å². The van der Waals surface area contributed by atoms with E-state index in [-0.39, 0.29) is 11.1 Å². The molecule has 2 aromatic rings. The van der Waals surface area contributed by atoms with Crippen LogP contribution < -0.4 is 0 Å². The zero-order valence-electron chi connectivity index (χ0n) is 11.0. The van der Waals surface area contributed by atoms with E-state index in [9.17, 15) is 4.79 Å². The fourth-order valence-electron chi connectivity index (χ4n) is 2.21. The summed E-state index contributed by atoms with van der Waals surface area (Å²) in [4.78, 5) is 15.1. The Morgan fingerprint density at radius 3 is 2.67 bits per heavy atom. The average Bonchev–Trinajstić information content (AvgIpc) is 2.89. The molecule has 0 saturated carbocycles. The molecule has 1 fully saturated rings. The van der Waals surface area contributed by atoms with E-state index in [2.05, 4.69) is 4.37 Å². The third-order valence-electron chi connectivity index (χ3n) is 3.28. The second-order valence-corrected chi connectivity index (χ2v) is 6.10. The molecule has 0 radical (unpaired) electrons. The van der Waals surface area contributed by atoms with Crippen molar-refractivity contribution in [2.24, 2.45) is 0 Å². The predicted octanol–water partition coefficient (Wildman–Crippen LogP) is 3.59. The Morgan fingerprint density at radius 1 is 1.24 bits per heavy atom. The van der Waals surface area contributed by atoms with Crippen LogP contribution in [0.4, 0.5) is 0 Å². The number of morpholine rings is 1. The van der Waals surface area contributed by atoms with E-state index in [0.29, 0.717) is 41.8 Å². The van der Waals surface area contributed by atoms with Gasteiger partial charge < -0.3 is 9.64 Å². The van der Waals surface area contributed by atoms with Gasteiger partial charge in [0, 0.05) is 23.7 Å². The fourth-order valence-corrected chi connectivity index (χ4v) is 3.65. The standard InChI is InChI=1S/C14H12Cl2N2O2S/c15-10-4-2-1-3-9(10)12-11(13(16)17-21-12)14(19)18-5-7-20-8-6-18/h1-4H,5-8H2. The third-order valence-corrected chi connectivity index (χ3v) is 4.86. The van der Waals surface area contributed by atoms with Gasteiger partial charge in [0.2, 0.25) is 0 Å². The van der Waals surface area contributed by atoms with Gasteiger partial charge in [-0.15, -0.1) is 0 Å². The zero-order chi connectivity index (χ0) is 14.8. The average molecular weight is 343 g/mol. The van der Waals surface area contributed by atoms with Crippen LogP contribution in [0.3, 0.4) is 0 Å². The molecule has 0 spiro atoms. The second kappa shape index (κ2) is 6.32. The number of hydrogen-bond acceptors (Lipinski definition) is 4. The van der Waals surface area contributed by atoms with Gasteiger partial charge in [-0.05, 0) is 17.6 Å². The minimum atomic E-state index is -0.119. The largest absolute Gasteiger partial charge is 0.378 e. The van der Waals surface area contributed by atoms with Crippen molar-refractivity contribution in [2.75, 3.05) is 26.3 Å². The van der Waals surface area contributed by atoms with Crippen molar-refractivity contribution in [3.63, 3.8) is 0 Å². The van der Waals surface area contributed by atoms with E-state index >= 15 is 0 Å². The number of hydrogen-bond donors (Lipinski definition) is 0. The Kier molecular flexibility index (Phi) is 4.45. The van der Waals surface area contributed by atoms with Crippen molar-refractivity contribution in [1.29, 1.82) is 0 Å². The number of ether oxygens (including phenoxy) is 1. The van der Waals surface area contributed by atoms with Gasteiger partial charge in [0.05, 0.1) is 23.7 Å². The number of nitrogens with zero attached hydrogens (tertiary/aromatic N) is 2. The van der Waals surface area contributed by atoms with Crippen LogP contribution in [0.1, 0.15) is 10.4 Å². The lowest BCUT2D eigenvalue weighted by Crippen LogP contribution is -2.40. The molecule has 1 aromatic heterocycles. The molecular weight excluding hydrogens is 331 g/mol. The molecule has 3 rings (SSSR count). The highest BCUT2D eigenvalue weighted by molar-refractivity contribution is 7.10. The maximum atomic E-state index is 12.7. The Balaban J connectivity index is 2.01. The van der Waals surface area contributed by atoms with Gasteiger partial charge in [0.1, 0.15) is 0 Å². The van der Waals surface area contributed by atoms with E-state index in [1.807, 2.05) is 18.2 Å². The highest BCUT2D eigenvalue weighted by Gasteiger charge is 2.27. The molecule has 7 heteroatoms. The van der Waals surface area contributed by atoms with Gasteiger partial charge in [-0.3, -0.25) is 4.79 Å². The number of benzene rings is 1. The lowest BCUT2D eigenvalue weighted by molar-refractivity contribution is 0.0303. The summed E-state index contributed by atoms with van der Waals surface area (Å²) in [5, 5.41) is 0.806. The maximum Gasteiger partial charge on any atom is 0.258 e. The molecule has 21 heavy (non-hydrogen) atoms. The molecule has 1 aliphatic rings. The monoisotopic (exact) mass is 342 g/mol. The molecule has 1 saturated heterocycles. The van der Waals surface area contributed by atoms with Crippen molar-refractivity contribution in [1.82, 2.24) is 9.27 Å². The van der Waals surface area contributed by atoms with Gasteiger partial charge in [-0.2, -0.15) is 4.37 Å². The summed E-state index contributed by atoms with van der Waals surface area (Å²) in [7, 11) is 0. The molecule has 0 atom stereocenters. The molecule has 1 amide bonds. The Bertz CT molecular complexity index is 669. The van der Waals surface area contributed by atoms with Crippen molar-refractivity contribution >= 4 is 40.6 Å². The van der Waals surface area contributed by atoms with Crippen LogP contribution in [0, 0.1) is 0 Å². The van der Waals surface area contributed by atoms with Crippen molar-refractivity contribution in [3.8, 4) is 10.4 Å². The quantitative estimate of drug-likeness (QED) is 0.837. The topological polar surface area (TPSA) is 42.4 Å². The first-order valence-electron chi connectivity index (χ1n) is 6.45. The normalized spacial score (nSPS) is 15.2. The SMILES string of the molecule is O=C(c1c(Cl)nsc1-c1ccccc1Cl)N1CCOCC1. The van der Waals surface area contributed by atoms with E-state index in [4.69, 9.17) is 27.9 Å². The van der Waals surface area contributed by atoms with E-state index in [1.165, 1.54) is 11.5 Å². The number of rotatable bonds is 2. The Hall–Kier alpha value is -1.14.